The Bertz CT molecular complexity index is 2120. The van der Waals surface area contributed by atoms with Crippen molar-refractivity contribution in [3.8, 4) is 34.3 Å². The largest absolute Gasteiger partial charge is 0.493 e. The second kappa shape index (κ2) is 13.7. The Kier molecular flexibility index (Phi) is 8.66. The van der Waals surface area contributed by atoms with Crippen molar-refractivity contribution in [1.29, 1.82) is 0 Å². The predicted molar refractivity (Wildman–Crippen MR) is 195 cm³/mol. The van der Waals surface area contributed by atoms with Crippen LogP contribution in [0.5, 0.6) is 17.2 Å². The molecule has 254 valence electrons. The van der Waals surface area contributed by atoms with Gasteiger partial charge < -0.3 is 24.0 Å². The average Bonchev–Trinajstić information content (AvgIpc) is 3.60. The third kappa shape index (κ3) is 6.06. The van der Waals surface area contributed by atoms with E-state index in [1.54, 1.807) is 23.8 Å². The molecule has 3 aliphatic rings. The predicted octanol–water partition coefficient (Wildman–Crippen LogP) is 6.83. The summed E-state index contributed by atoms with van der Waals surface area (Å²) >= 11 is 0. The van der Waals surface area contributed by atoms with Gasteiger partial charge in [-0.25, -0.2) is 4.98 Å². The number of aliphatic imine (C=N–C) groups is 1. The van der Waals surface area contributed by atoms with Crippen molar-refractivity contribution in [2.75, 3.05) is 44.9 Å². The van der Waals surface area contributed by atoms with Crippen LogP contribution in [0, 0.1) is 0 Å². The maximum Gasteiger partial charge on any atom is 0.266 e. The Hall–Kier alpha value is -5.64. The summed E-state index contributed by atoms with van der Waals surface area (Å²) in [7, 11) is 1.56. The number of ether oxygens (including phenoxy) is 3. The van der Waals surface area contributed by atoms with E-state index in [0.29, 0.717) is 50.9 Å². The van der Waals surface area contributed by atoms with Crippen LogP contribution >= 0.6 is 0 Å². The molecule has 1 amide bonds. The summed E-state index contributed by atoms with van der Waals surface area (Å²) in [6.45, 7) is 3.24. The van der Waals surface area contributed by atoms with Gasteiger partial charge in [0, 0.05) is 43.2 Å². The number of carbonyl (C=O) groups excluding carboxylic acids is 1. The van der Waals surface area contributed by atoms with Gasteiger partial charge in [-0.1, -0.05) is 30.3 Å². The highest BCUT2D eigenvalue weighted by Gasteiger charge is 2.32. The van der Waals surface area contributed by atoms with E-state index in [2.05, 4.69) is 16.0 Å². The molecular formula is C40H39N5O5. The van der Waals surface area contributed by atoms with Crippen LogP contribution in [-0.2, 0) is 0 Å². The van der Waals surface area contributed by atoms with Crippen molar-refractivity contribution in [3.05, 3.63) is 101 Å². The van der Waals surface area contributed by atoms with Gasteiger partial charge in [0.15, 0.2) is 11.5 Å². The van der Waals surface area contributed by atoms with E-state index >= 15 is 0 Å². The number of anilines is 1. The lowest BCUT2D eigenvalue weighted by molar-refractivity contribution is 0.0774. The zero-order valence-corrected chi connectivity index (χ0v) is 28.1. The van der Waals surface area contributed by atoms with E-state index in [9.17, 15) is 9.59 Å². The van der Waals surface area contributed by atoms with Gasteiger partial charge in [0.05, 0.1) is 41.0 Å². The molecule has 0 radical (unpaired) electrons. The quantitative estimate of drug-likeness (QED) is 0.159. The third-order valence-corrected chi connectivity index (χ3v) is 9.77. The van der Waals surface area contributed by atoms with Gasteiger partial charge in [-0.3, -0.25) is 19.1 Å². The zero-order valence-electron chi connectivity index (χ0n) is 28.1. The molecule has 0 aliphatic carbocycles. The average molecular weight is 670 g/mol. The number of aromatic nitrogens is 2. The number of benzene rings is 4. The summed E-state index contributed by atoms with van der Waals surface area (Å²) in [5.41, 5.74) is 4.27. The molecule has 0 saturated carbocycles. The molecule has 10 nitrogen and oxygen atoms in total. The van der Waals surface area contributed by atoms with Gasteiger partial charge in [0.25, 0.3) is 11.5 Å². The summed E-state index contributed by atoms with van der Waals surface area (Å²) in [5.74, 6) is 2.16. The molecule has 4 heterocycles. The number of methoxy groups -OCH3 is 1. The molecule has 0 bridgehead atoms. The third-order valence-electron chi connectivity index (χ3n) is 9.77. The van der Waals surface area contributed by atoms with Crippen LogP contribution in [0.4, 0.5) is 11.4 Å². The highest BCUT2D eigenvalue weighted by Crippen LogP contribution is 2.38. The first-order chi connectivity index (χ1) is 24.6. The van der Waals surface area contributed by atoms with Crippen LogP contribution in [0.25, 0.3) is 28.0 Å². The summed E-state index contributed by atoms with van der Waals surface area (Å²) in [4.78, 5) is 41.3. The van der Waals surface area contributed by atoms with E-state index < -0.39 is 0 Å². The Morgan fingerprint density at radius 3 is 2.36 bits per heavy atom. The minimum absolute atomic E-state index is 0.0309. The van der Waals surface area contributed by atoms with E-state index in [4.69, 9.17) is 19.2 Å². The summed E-state index contributed by atoms with van der Waals surface area (Å²) in [6.07, 6.45) is 7.32. The monoisotopic (exact) mass is 669 g/mol. The van der Waals surface area contributed by atoms with E-state index in [1.807, 2.05) is 77.8 Å². The van der Waals surface area contributed by atoms with Crippen molar-refractivity contribution >= 4 is 34.4 Å². The molecule has 10 heteroatoms. The van der Waals surface area contributed by atoms with Crippen LogP contribution in [0.1, 0.15) is 42.5 Å². The van der Waals surface area contributed by atoms with Gasteiger partial charge in [-0.15, -0.1) is 0 Å². The first-order valence-corrected chi connectivity index (χ1v) is 17.4. The molecule has 2 saturated heterocycles. The first kappa shape index (κ1) is 31.6. The minimum Gasteiger partial charge on any atom is -0.493 e. The van der Waals surface area contributed by atoms with Crippen molar-refractivity contribution in [1.82, 2.24) is 14.5 Å². The van der Waals surface area contributed by atoms with Gasteiger partial charge in [0.2, 0.25) is 0 Å². The summed E-state index contributed by atoms with van der Waals surface area (Å²) < 4.78 is 19.3. The number of carbonyl (C=O) groups is 1. The number of hydrogen-bond donors (Lipinski definition) is 0. The van der Waals surface area contributed by atoms with E-state index in [-0.39, 0.29) is 30.7 Å². The molecular weight excluding hydrogens is 630 g/mol. The molecule has 3 aliphatic heterocycles. The van der Waals surface area contributed by atoms with Crippen LogP contribution < -0.4 is 24.7 Å². The second-order valence-corrected chi connectivity index (χ2v) is 12.9. The molecule has 0 spiro atoms. The van der Waals surface area contributed by atoms with Crippen LogP contribution in [0.3, 0.4) is 0 Å². The fourth-order valence-electron chi connectivity index (χ4n) is 7.17. The molecule has 2 fully saturated rings. The maximum atomic E-state index is 14.2. The SMILES string of the molecule is COc1cc2c(cc1OCCOc1ccc(-n3c(-c4ccccc4)nc4ccc(N5CCCCC5)cc4c3=O)cc1)N=C[C@@H]1CCCN1C2=O. The van der Waals surface area contributed by atoms with Gasteiger partial charge in [0.1, 0.15) is 24.8 Å². The van der Waals surface area contributed by atoms with Crippen LogP contribution in [0.15, 0.2) is 94.7 Å². The molecule has 5 aromatic rings. The van der Waals surface area contributed by atoms with Crippen molar-refractivity contribution in [3.63, 3.8) is 0 Å². The maximum absolute atomic E-state index is 14.2. The Labute approximate surface area is 290 Å². The minimum atomic E-state index is -0.115. The van der Waals surface area contributed by atoms with Gasteiger partial charge in [-0.2, -0.15) is 0 Å². The lowest BCUT2D eigenvalue weighted by Gasteiger charge is -2.29. The topological polar surface area (TPSA) is 98.5 Å². The van der Waals surface area contributed by atoms with Crippen molar-refractivity contribution in [2.45, 2.75) is 38.1 Å². The van der Waals surface area contributed by atoms with Crippen LogP contribution in [-0.4, -0.2) is 72.6 Å². The fraction of sp³-hybridized carbons (Fsp3) is 0.300. The van der Waals surface area contributed by atoms with E-state index in [0.717, 1.165) is 56.6 Å². The fourth-order valence-corrected chi connectivity index (χ4v) is 7.17. The Morgan fingerprint density at radius 1 is 0.780 bits per heavy atom. The van der Waals surface area contributed by atoms with E-state index in [1.165, 1.54) is 6.42 Å². The Morgan fingerprint density at radius 2 is 1.56 bits per heavy atom. The highest BCUT2D eigenvalue weighted by atomic mass is 16.5. The standard InChI is InChI=1S/C40H39N5O5/c1-48-36-24-33-35(41-26-30-11-8-20-44(30)39(33)46)25-37(36)50-22-21-49-31-15-12-28(13-16-31)45-38(27-9-4-2-5-10-27)42-34-17-14-29(23-32(34)40(45)47)43-18-6-3-7-19-43/h2,4-5,9-10,12-17,23-26,30H,3,6-8,11,18-22H2,1H3/t30-/m0/s1. The molecule has 8 rings (SSSR count). The number of amides is 1. The molecule has 50 heavy (non-hydrogen) atoms. The number of fused-ring (bicyclic) bond motifs is 3. The second-order valence-electron chi connectivity index (χ2n) is 12.9. The van der Waals surface area contributed by atoms with Crippen LogP contribution in [0.2, 0.25) is 0 Å². The number of nitrogens with zero attached hydrogens (tertiary/aromatic N) is 5. The first-order valence-electron chi connectivity index (χ1n) is 17.4. The molecule has 0 N–H and O–H groups in total. The normalized spacial score (nSPS) is 17.0. The molecule has 1 atom stereocenters. The Balaban J connectivity index is 1.01. The van der Waals surface area contributed by atoms with Gasteiger partial charge >= 0.3 is 0 Å². The van der Waals surface area contributed by atoms with Crippen molar-refractivity contribution < 1.29 is 19.0 Å². The van der Waals surface area contributed by atoms with Crippen molar-refractivity contribution in [2.24, 2.45) is 4.99 Å². The summed E-state index contributed by atoms with van der Waals surface area (Å²) in [6, 6.07) is 26.8. The summed E-state index contributed by atoms with van der Waals surface area (Å²) in [5, 5.41) is 0.592. The molecule has 0 unspecified atom stereocenters. The zero-order chi connectivity index (χ0) is 34.0. The number of piperidine rings is 1. The lowest BCUT2D eigenvalue weighted by Crippen LogP contribution is -2.35. The number of rotatable bonds is 9. The highest BCUT2D eigenvalue weighted by molar-refractivity contribution is 6.03. The molecule has 1 aromatic heterocycles. The number of hydrogen-bond acceptors (Lipinski definition) is 8. The molecule has 4 aromatic carbocycles. The van der Waals surface area contributed by atoms with Gasteiger partial charge in [-0.05, 0) is 80.6 Å². The smallest absolute Gasteiger partial charge is 0.266 e. The lowest BCUT2D eigenvalue weighted by atomic mass is 10.1.